The summed E-state index contributed by atoms with van der Waals surface area (Å²) in [5.74, 6) is -0.0474. The van der Waals surface area contributed by atoms with Gasteiger partial charge in [-0.2, -0.15) is 8.78 Å². The van der Waals surface area contributed by atoms with Crippen molar-refractivity contribution in [3.63, 3.8) is 0 Å². The monoisotopic (exact) mass is 377 g/mol. The molecule has 2 aromatic rings. The van der Waals surface area contributed by atoms with Crippen molar-refractivity contribution in [1.29, 1.82) is 0 Å². The standard InChI is InChI=1S/C13H10BrF2NO3S/c14-11-3-1-2-4-12(11)21(18,19)17-9-5-7-10(8-6-9)20-13(15)16/h1-8,13,17H. The van der Waals surface area contributed by atoms with E-state index in [1.807, 2.05) is 0 Å². The van der Waals surface area contributed by atoms with Gasteiger partial charge in [0.2, 0.25) is 0 Å². The second-order valence-corrected chi connectivity index (χ2v) is 6.44. The third-order valence-electron chi connectivity index (χ3n) is 2.46. The van der Waals surface area contributed by atoms with Gasteiger partial charge in [-0.15, -0.1) is 0 Å². The van der Waals surface area contributed by atoms with Crippen LogP contribution in [0.1, 0.15) is 0 Å². The van der Waals surface area contributed by atoms with E-state index in [1.165, 1.54) is 30.3 Å². The van der Waals surface area contributed by atoms with Gasteiger partial charge in [0.15, 0.2) is 0 Å². The van der Waals surface area contributed by atoms with Gasteiger partial charge in [0.1, 0.15) is 10.6 Å². The highest BCUT2D eigenvalue weighted by Crippen LogP contribution is 2.25. The zero-order valence-corrected chi connectivity index (χ0v) is 12.9. The van der Waals surface area contributed by atoms with Crippen molar-refractivity contribution in [2.45, 2.75) is 11.5 Å². The van der Waals surface area contributed by atoms with Crippen LogP contribution in [0, 0.1) is 0 Å². The Balaban J connectivity index is 2.19. The van der Waals surface area contributed by atoms with Gasteiger partial charge in [-0.05, 0) is 52.3 Å². The quantitative estimate of drug-likeness (QED) is 0.860. The molecule has 0 heterocycles. The van der Waals surface area contributed by atoms with Crippen LogP contribution in [0.5, 0.6) is 5.75 Å². The average Bonchev–Trinajstić information content (AvgIpc) is 2.40. The summed E-state index contributed by atoms with van der Waals surface area (Å²) in [7, 11) is -3.77. The summed E-state index contributed by atoms with van der Waals surface area (Å²) in [4.78, 5) is 0.0814. The van der Waals surface area contributed by atoms with Gasteiger partial charge in [-0.25, -0.2) is 8.42 Å². The first kappa shape index (κ1) is 15.7. The van der Waals surface area contributed by atoms with Gasteiger partial charge in [0.25, 0.3) is 10.0 Å². The van der Waals surface area contributed by atoms with Gasteiger partial charge < -0.3 is 4.74 Å². The van der Waals surface area contributed by atoms with Gasteiger partial charge in [0, 0.05) is 10.2 Å². The summed E-state index contributed by atoms with van der Waals surface area (Å²) in [6.07, 6.45) is 0. The molecule has 0 saturated heterocycles. The van der Waals surface area contributed by atoms with Crippen LogP contribution in [-0.4, -0.2) is 15.0 Å². The average molecular weight is 378 g/mol. The van der Waals surface area contributed by atoms with Crippen molar-refractivity contribution in [2.24, 2.45) is 0 Å². The lowest BCUT2D eigenvalue weighted by molar-refractivity contribution is -0.0498. The Kier molecular flexibility index (Phi) is 4.79. The summed E-state index contributed by atoms with van der Waals surface area (Å²) in [6.45, 7) is -2.92. The van der Waals surface area contributed by atoms with Crippen LogP contribution < -0.4 is 9.46 Å². The van der Waals surface area contributed by atoms with Crippen LogP contribution in [0.3, 0.4) is 0 Å². The fraction of sp³-hybridized carbons (Fsp3) is 0.0769. The number of anilines is 1. The van der Waals surface area contributed by atoms with Crippen LogP contribution in [0.4, 0.5) is 14.5 Å². The smallest absolute Gasteiger partial charge is 0.387 e. The van der Waals surface area contributed by atoms with Crippen molar-refractivity contribution in [3.8, 4) is 5.75 Å². The highest BCUT2D eigenvalue weighted by Gasteiger charge is 2.17. The molecule has 112 valence electrons. The van der Waals surface area contributed by atoms with Gasteiger partial charge >= 0.3 is 6.61 Å². The third kappa shape index (κ3) is 4.15. The molecule has 8 heteroatoms. The normalized spacial score (nSPS) is 11.4. The van der Waals surface area contributed by atoms with E-state index in [4.69, 9.17) is 0 Å². The Labute approximate surface area is 128 Å². The summed E-state index contributed by atoms with van der Waals surface area (Å²) in [5.41, 5.74) is 0.243. The lowest BCUT2D eigenvalue weighted by atomic mass is 10.3. The van der Waals surface area contributed by atoms with E-state index in [0.717, 1.165) is 0 Å². The van der Waals surface area contributed by atoms with Crippen LogP contribution in [0.25, 0.3) is 0 Å². The molecular weight excluding hydrogens is 368 g/mol. The second kappa shape index (κ2) is 6.40. The number of hydrogen-bond donors (Lipinski definition) is 1. The summed E-state index contributed by atoms with van der Waals surface area (Å²) < 4.78 is 55.4. The first-order valence-electron chi connectivity index (χ1n) is 5.71. The topological polar surface area (TPSA) is 55.4 Å². The maximum atomic E-state index is 12.2. The Morgan fingerprint density at radius 2 is 1.67 bits per heavy atom. The number of halogens is 3. The number of sulfonamides is 1. The molecule has 0 spiro atoms. The molecule has 1 N–H and O–H groups in total. The van der Waals surface area contributed by atoms with Crippen LogP contribution in [-0.2, 0) is 10.0 Å². The lowest BCUT2D eigenvalue weighted by Gasteiger charge is -2.10. The maximum absolute atomic E-state index is 12.2. The minimum Gasteiger partial charge on any atom is -0.435 e. The predicted molar refractivity (Wildman–Crippen MR) is 78.0 cm³/mol. The highest BCUT2D eigenvalue weighted by atomic mass is 79.9. The zero-order valence-electron chi connectivity index (χ0n) is 10.5. The molecule has 0 aliphatic carbocycles. The predicted octanol–water partition coefficient (Wildman–Crippen LogP) is 3.85. The number of rotatable bonds is 5. The molecule has 0 atom stereocenters. The molecule has 0 fully saturated rings. The number of nitrogens with one attached hydrogen (secondary N) is 1. The van der Waals surface area contributed by atoms with Crippen molar-refractivity contribution in [3.05, 3.63) is 53.0 Å². The molecule has 2 aromatic carbocycles. The fourth-order valence-electron chi connectivity index (χ4n) is 1.58. The molecular formula is C13H10BrF2NO3S. The molecule has 21 heavy (non-hydrogen) atoms. The molecule has 0 aliphatic rings. The zero-order chi connectivity index (χ0) is 15.5. The molecule has 0 amide bonds. The molecule has 0 bridgehead atoms. The Hall–Kier alpha value is -1.67. The number of benzene rings is 2. The van der Waals surface area contributed by atoms with Crippen LogP contribution in [0.2, 0.25) is 0 Å². The first-order chi connectivity index (χ1) is 9.88. The van der Waals surface area contributed by atoms with Crippen molar-refractivity contribution >= 4 is 31.6 Å². The van der Waals surface area contributed by atoms with E-state index in [9.17, 15) is 17.2 Å². The highest BCUT2D eigenvalue weighted by molar-refractivity contribution is 9.10. The summed E-state index contributed by atoms with van der Waals surface area (Å²) in [5, 5.41) is 0. The van der Waals surface area contributed by atoms with Crippen molar-refractivity contribution in [1.82, 2.24) is 0 Å². The summed E-state index contributed by atoms with van der Waals surface area (Å²) >= 11 is 3.16. The molecule has 0 saturated carbocycles. The Bertz CT molecular complexity index is 720. The first-order valence-corrected chi connectivity index (χ1v) is 7.98. The van der Waals surface area contributed by atoms with E-state index < -0.39 is 16.6 Å². The Morgan fingerprint density at radius 1 is 1.05 bits per heavy atom. The van der Waals surface area contributed by atoms with Crippen molar-refractivity contribution < 1.29 is 21.9 Å². The largest absolute Gasteiger partial charge is 0.435 e. The van der Waals surface area contributed by atoms with E-state index >= 15 is 0 Å². The second-order valence-electron chi connectivity index (χ2n) is 3.94. The lowest BCUT2D eigenvalue weighted by Crippen LogP contribution is -2.13. The molecule has 0 radical (unpaired) electrons. The SMILES string of the molecule is O=S(=O)(Nc1ccc(OC(F)F)cc1)c1ccccc1Br. The van der Waals surface area contributed by atoms with Gasteiger partial charge in [0.05, 0.1) is 0 Å². The molecule has 0 aliphatic heterocycles. The molecule has 2 rings (SSSR count). The number of hydrogen-bond acceptors (Lipinski definition) is 3. The molecule has 4 nitrogen and oxygen atoms in total. The molecule has 0 aromatic heterocycles. The van der Waals surface area contributed by atoms with Gasteiger partial charge in [-0.3, -0.25) is 4.72 Å². The third-order valence-corrected chi connectivity index (χ3v) is 4.85. The van der Waals surface area contributed by atoms with E-state index in [2.05, 4.69) is 25.4 Å². The fourth-order valence-corrected chi connectivity index (χ4v) is 3.64. The Morgan fingerprint density at radius 3 is 2.24 bits per heavy atom. The number of alkyl halides is 2. The van der Waals surface area contributed by atoms with Gasteiger partial charge in [-0.1, -0.05) is 12.1 Å². The van der Waals surface area contributed by atoms with E-state index in [0.29, 0.717) is 4.47 Å². The van der Waals surface area contributed by atoms with Crippen molar-refractivity contribution in [2.75, 3.05) is 4.72 Å². The van der Waals surface area contributed by atoms with E-state index in [1.54, 1.807) is 18.2 Å². The summed E-state index contributed by atoms with van der Waals surface area (Å²) in [6, 6.07) is 11.5. The van der Waals surface area contributed by atoms with E-state index in [-0.39, 0.29) is 16.3 Å². The maximum Gasteiger partial charge on any atom is 0.387 e. The van der Waals surface area contributed by atoms with Crippen LogP contribution in [0.15, 0.2) is 57.9 Å². The number of ether oxygens (including phenoxy) is 1. The minimum absolute atomic E-state index is 0.0474. The molecule has 0 unspecified atom stereocenters. The van der Waals surface area contributed by atoms with Crippen LogP contribution >= 0.6 is 15.9 Å². The minimum atomic E-state index is -3.77.